The predicted molar refractivity (Wildman–Crippen MR) is 94.0 cm³/mol. The summed E-state index contributed by atoms with van der Waals surface area (Å²) in [6.07, 6.45) is 0.923. The fraction of sp³-hybridized carbons (Fsp3) is 0.556. The van der Waals surface area contributed by atoms with Crippen molar-refractivity contribution < 1.29 is 14.1 Å². The van der Waals surface area contributed by atoms with Crippen molar-refractivity contribution in [2.24, 2.45) is 5.92 Å². The van der Waals surface area contributed by atoms with E-state index in [4.69, 9.17) is 9.26 Å². The van der Waals surface area contributed by atoms with Crippen molar-refractivity contribution in [3.63, 3.8) is 0 Å². The van der Waals surface area contributed by atoms with E-state index in [1.807, 2.05) is 24.0 Å². The maximum atomic E-state index is 12.6. The van der Waals surface area contributed by atoms with Gasteiger partial charge in [-0.3, -0.25) is 4.79 Å². The van der Waals surface area contributed by atoms with Crippen LogP contribution in [-0.2, 0) is 4.74 Å². The minimum absolute atomic E-state index is 0.0316. The van der Waals surface area contributed by atoms with E-state index >= 15 is 0 Å². The molecule has 0 radical (unpaired) electrons. The number of nitrogens with zero attached hydrogens (tertiary/aromatic N) is 5. The molecule has 2 saturated heterocycles. The Hall–Kier alpha value is -2.48. The lowest BCUT2D eigenvalue weighted by Gasteiger charge is -2.37. The number of ether oxygens (including phenoxy) is 1. The third kappa shape index (κ3) is 3.41. The molecule has 0 aliphatic carbocycles. The summed E-state index contributed by atoms with van der Waals surface area (Å²) >= 11 is 0. The van der Waals surface area contributed by atoms with Crippen LogP contribution in [0.15, 0.2) is 22.7 Å². The molecule has 0 N–H and O–H groups in total. The summed E-state index contributed by atoms with van der Waals surface area (Å²) in [5.74, 6) is 1.80. The predicted octanol–water partition coefficient (Wildman–Crippen LogP) is 1.45. The standard InChI is InChI=1S/C18H23N5O3/c1-12-3-4-17(20-19-12)22-7-8-25-16-11-23(6-5-14(16)10-22)18(24)15-9-13(2)26-21-15/h3-4,9,14,16H,5-8,10-11H2,1-2H3/t14-,16-/m0/s1. The Bertz CT molecular complexity index is 775. The highest BCUT2D eigenvalue weighted by Crippen LogP contribution is 2.27. The van der Waals surface area contributed by atoms with Crippen molar-refractivity contribution >= 4 is 11.7 Å². The molecule has 0 aromatic carbocycles. The number of anilines is 1. The number of carbonyl (C=O) groups is 1. The molecule has 2 atom stereocenters. The SMILES string of the molecule is Cc1ccc(N2CCO[C@H]3CN(C(=O)c4cc(C)on4)CC[C@H]3C2)nn1. The van der Waals surface area contributed by atoms with Gasteiger partial charge in [-0.2, -0.15) is 5.10 Å². The van der Waals surface area contributed by atoms with E-state index in [9.17, 15) is 4.79 Å². The van der Waals surface area contributed by atoms with Crippen molar-refractivity contribution in [1.29, 1.82) is 0 Å². The summed E-state index contributed by atoms with van der Waals surface area (Å²) in [5.41, 5.74) is 1.28. The van der Waals surface area contributed by atoms with Crippen LogP contribution in [0.25, 0.3) is 0 Å². The van der Waals surface area contributed by atoms with E-state index in [0.717, 1.165) is 31.0 Å². The molecule has 2 aromatic rings. The largest absolute Gasteiger partial charge is 0.374 e. The van der Waals surface area contributed by atoms with Gasteiger partial charge in [-0.15, -0.1) is 5.10 Å². The van der Waals surface area contributed by atoms with Gasteiger partial charge in [-0.05, 0) is 32.4 Å². The first-order valence-electron chi connectivity index (χ1n) is 8.99. The second-order valence-corrected chi connectivity index (χ2v) is 7.01. The third-order valence-electron chi connectivity index (χ3n) is 5.09. The monoisotopic (exact) mass is 357 g/mol. The van der Waals surface area contributed by atoms with Gasteiger partial charge in [-0.1, -0.05) is 5.16 Å². The van der Waals surface area contributed by atoms with Crippen LogP contribution in [0, 0.1) is 19.8 Å². The molecule has 138 valence electrons. The number of carbonyl (C=O) groups excluding carboxylic acids is 1. The van der Waals surface area contributed by atoms with Gasteiger partial charge in [-0.25, -0.2) is 0 Å². The molecule has 8 nitrogen and oxygen atoms in total. The van der Waals surface area contributed by atoms with Crippen molar-refractivity contribution in [3.8, 4) is 0 Å². The van der Waals surface area contributed by atoms with E-state index in [-0.39, 0.29) is 12.0 Å². The maximum absolute atomic E-state index is 12.6. The first-order chi connectivity index (χ1) is 12.6. The highest BCUT2D eigenvalue weighted by atomic mass is 16.5. The number of fused-ring (bicyclic) bond motifs is 1. The summed E-state index contributed by atoms with van der Waals surface area (Å²) in [4.78, 5) is 16.7. The van der Waals surface area contributed by atoms with Gasteiger partial charge in [0.05, 0.1) is 18.4 Å². The quantitative estimate of drug-likeness (QED) is 0.804. The Balaban J connectivity index is 1.43. The number of likely N-dealkylation sites (tertiary alicyclic amines) is 1. The molecule has 8 heteroatoms. The molecule has 2 fully saturated rings. The first kappa shape index (κ1) is 17.0. The molecular weight excluding hydrogens is 334 g/mol. The average Bonchev–Trinajstić information content (AvgIpc) is 2.97. The number of rotatable bonds is 2. The average molecular weight is 357 g/mol. The zero-order valence-corrected chi connectivity index (χ0v) is 15.1. The van der Waals surface area contributed by atoms with Gasteiger partial charge in [0.1, 0.15) is 5.76 Å². The summed E-state index contributed by atoms with van der Waals surface area (Å²) < 4.78 is 11.1. The lowest BCUT2D eigenvalue weighted by molar-refractivity contribution is -0.0171. The van der Waals surface area contributed by atoms with Crippen LogP contribution in [0.2, 0.25) is 0 Å². The summed E-state index contributed by atoms with van der Waals surface area (Å²) in [6, 6.07) is 5.67. The minimum Gasteiger partial charge on any atom is -0.374 e. The lowest BCUT2D eigenvalue weighted by Crippen LogP contribution is -2.49. The number of aryl methyl sites for hydroxylation is 2. The molecule has 1 amide bonds. The number of amides is 1. The fourth-order valence-corrected chi connectivity index (χ4v) is 3.63. The molecule has 2 aliphatic heterocycles. The summed E-state index contributed by atoms with van der Waals surface area (Å²) in [5, 5.41) is 12.3. The highest BCUT2D eigenvalue weighted by molar-refractivity contribution is 5.92. The molecule has 2 aliphatic rings. The molecular formula is C18H23N5O3. The Morgan fingerprint density at radius 1 is 1.19 bits per heavy atom. The molecule has 0 bridgehead atoms. The molecule has 4 rings (SSSR count). The van der Waals surface area contributed by atoms with E-state index in [2.05, 4.69) is 20.3 Å². The zero-order chi connectivity index (χ0) is 18.1. The van der Waals surface area contributed by atoms with Crippen LogP contribution >= 0.6 is 0 Å². The van der Waals surface area contributed by atoms with Gasteiger partial charge >= 0.3 is 0 Å². The second-order valence-electron chi connectivity index (χ2n) is 7.01. The Labute approximate surface area is 152 Å². The van der Waals surface area contributed by atoms with Gasteiger partial charge in [0.2, 0.25) is 0 Å². The van der Waals surface area contributed by atoms with Crippen molar-refractivity contribution in [2.45, 2.75) is 26.4 Å². The Morgan fingerprint density at radius 3 is 2.81 bits per heavy atom. The van der Waals surface area contributed by atoms with Crippen LogP contribution in [0.1, 0.15) is 28.4 Å². The number of aromatic nitrogens is 3. The summed E-state index contributed by atoms with van der Waals surface area (Å²) in [6.45, 7) is 7.26. The smallest absolute Gasteiger partial charge is 0.276 e. The Kier molecular flexibility index (Phi) is 4.58. The van der Waals surface area contributed by atoms with Gasteiger partial charge in [0.25, 0.3) is 5.91 Å². The van der Waals surface area contributed by atoms with Crippen LogP contribution in [0.3, 0.4) is 0 Å². The minimum atomic E-state index is -0.0885. The fourth-order valence-electron chi connectivity index (χ4n) is 3.63. The molecule has 0 unspecified atom stereocenters. The van der Waals surface area contributed by atoms with Gasteiger partial charge < -0.3 is 19.1 Å². The van der Waals surface area contributed by atoms with Crippen molar-refractivity contribution in [1.82, 2.24) is 20.3 Å². The molecule has 0 spiro atoms. The van der Waals surface area contributed by atoms with E-state index in [0.29, 0.717) is 37.1 Å². The van der Waals surface area contributed by atoms with Crippen LogP contribution < -0.4 is 4.90 Å². The molecule has 26 heavy (non-hydrogen) atoms. The maximum Gasteiger partial charge on any atom is 0.276 e. The van der Waals surface area contributed by atoms with E-state index in [1.54, 1.807) is 13.0 Å². The van der Waals surface area contributed by atoms with E-state index < -0.39 is 0 Å². The molecule has 2 aromatic heterocycles. The zero-order valence-electron chi connectivity index (χ0n) is 15.1. The van der Waals surface area contributed by atoms with Crippen LogP contribution in [0.4, 0.5) is 5.82 Å². The number of hydrogen-bond donors (Lipinski definition) is 0. The third-order valence-corrected chi connectivity index (χ3v) is 5.09. The second kappa shape index (κ2) is 7.03. The first-order valence-corrected chi connectivity index (χ1v) is 8.99. The van der Waals surface area contributed by atoms with Gasteiger partial charge in [0.15, 0.2) is 11.5 Å². The lowest BCUT2D eigenvalue weighted by atomic mass is 9.93. The Morgan fingerprint density at radius 2 is 2.08 bits per heavy atom. The van der Waals surface area contributed by atoms with Crippen LogP contribution in [-0.4, -0.2) is 65.1 Å². The van der Waals surface area contributed by atoms with E-state index in [1.165, 1.54) is 0 Å². The highest BCUT2D eigenvalue weighted by Gasteiger charge is 2.36. The molecule has 0 saturated carbocycles. The van der Waals surface area contributed by atoms with Crippen molar-refractivity contribution in [3.05, 3.63) is 35.3 Å². The summed E-state index contributed by atoms with van der Waals surface area (Å²) in [7, 11) is 0. The normalized spacial score (nSPS) is 23.5. The number of piperidine rings is 1. The number of hydrogen-bond acceptors (Lipinski definition) is 7. The molecule has 4 heterocycles. The van der Waals surface area contributed by atoms with Crippen LogP contribution in [0.5, 0.6) is 0 Å². The van der Waals surface area contributed by atoms with Crippen molar-refractivity contribution in [2.75, 3.05) is 37.7 Å². The van der Waals surface area contributed by atoms with Gasteiger partial charge in [0, 0.05) is 38.2 Å². The topological polar surface area (TPSA) is 84.6 Å².